The van der Waals surface area contributed by atoms with Gasteiger partial charge in [-0.05, 0) is 24.6 Å². The maximum absolute atomic E-state index is 5.86. The maximum atomic E-state index is 5.86. The first kappa shape index (κ1) is 12.2. The van der Waals surface area contributed by atoms with Gasteiger partial charge in [0, 0.05) is 26.4 Å². The van der Waals surface area contributed by atoms with E-state index >= 15 is 0 Å². The van der Waals surface area contributed by atoms with Gasteiger partial charge in [-0.2, -0.15) is 4.98 Å². The standard InChI is InChI=1S/C13H16N4O/c1-9-4-5-10(14)11(8-9)18-12-6-7-15-13(16-12)17(2)3/h4-8H,14H2,1-3H3. The minimum atomic E-state index is 0.478. The van der Waals surface area contributed by atoms with Gasteiger partial charge in [0.05, 0.1) is 5.69 Å². The van der Waals surface area contributed by atoms with Crippen molar-refractivity contribution in [1.82, 2.24) is 9.97 Å². The molecule has 0 spiro atoms. The highest BCUT2D eigenvalue weighted by molar-refractivity contribution is 5.55. The van der Waals surface area contributed by atoms with Crippen molar-refractivity contribution in [3.8, 4) is 11.6 Å². The molecule has 0 saturated carbocycles. The average Bonchev–Trinajstić information content (AvgIpc) is 2.34. The molecular weight excluding hydrogens is 228 g/mol. The van der Waals surface area contributed by atoms with E-state index in [0.29, 0.717) is 23.3 Å². The molecule has 0 fully saturated rings. The molecule has 5 heteroatoms. The minimum absolute atomic E-state index is 0.478. The molecule has 0 aliphatic rings. The van der Waals surface area contributed by atoms with Crippen LogP contribution in [-0.4, -0.2) is 24.1 Å². The van der Waals surface area contributed by atoms with Crippen molar-refractivity contribution < 1.29 is 4.74 Å². The van der Waals surface area contributed by atoms with Crippen LogP contribution < -0.4 is 15.4 Å². The van der Waals surface area contributed by atoms with E-state index in [1.54, 1.807) is 12.3 Å². The predicted octanol–water partition coefficient (Wildman–Crippen LogP) is 2.23. The van der Waals surface area contributed by atoms with Crippen molar-refractivity contribution in [2.45, 2.75) is 6.92 Å². The van der Waals surface area contributed by atoms with Crippen molar-refractivity contribution in [1.29, 1.82) is 0 Å². The lowest BCUT2D eigenvalue weighted by molar-refractivity contribution is 0.463. The third kappa shape index (κ3) is 2.68. The van der Waals surface area contributed by atoms with Crippen molar-refractivity contribution in [3.05, 3.63) is 36.0 Å². The molecule has 1 aromatic carbocycles. The maximum Gasteiger partial charge on any atom is 0.228 e. The summed E-state index contributed by atoms with van der Waals surface area (Å²) in [6.07, 6.45) is 1.66. The first-order valence-corrected chi connectivity index (χ1v) is 5.60. The fourth-order valence-electron chi connectivity index (χ4n) is 1.45. The lowest BCUT2D eigenvalue weighted by atomic mass is 10.2. The highest BCUT2D eigenvalue weighted by Gasteiger charge is 2.06. The summed E-state index contributed by atoms with van der Waals surface area (Å²) in [5.41, 5.74) is 7.53. The number of nitrogens with two attached hydrogens (primary N) is 1. The van der Waals surface area contributed by atoms with Crippen LogP contribution in [0.25, 0.3) is 0 Å². The smallest absolute Gasteiger partial charge is 0.228 e. The number of aryl methyl sites for hydroxylation is 1. The Kier molecular flexibility index (Phi) is 3.32. The molecule has 2 aromatic rings. The summed E-state index contributed by atoms with van der Waals surface area (Å²) in [6.45, 7) is 1.98. The SMILES string of the molecule is Cc1ccc(N)c(Oc2ccnc(N(C)C)n2)c1. The summed E-state index contributed by atoms with van der Waals surface area (Å²) >= 11 is 0. The molecule has 0 unspecified atom stereocenters. The molecule has 1 aromatic heterocycles. The quantitative estimate of drug-likeness (QED) is 0.839. The number of anilines is 2. The van der Waals surface area contributed by atoms with Gasteiger partial charge in [0.15, 0.2) is 5.75 Å². The third-order valence-corrected chi connectivity index (χ3v) is 2.40. The van der Waals surface area contributed by atoms with E-state index in [-0.39, 0.29) is 0 Å². The van der Waals surface area contributed by atoms with E-state index in [1.807, 2.05) is 44.1 Å². The van der Waals surface area contributed by atoms with E-state index in [2.05, 4.69) is 9.97 Å². The zero-order chi connectivity index (χ0) is 13.1. The Balaban J connectivity index is 2.28. The molecule has 0 atom stereocenters. The number of aromatic nitrogens is 2. The van der Waals surface area contributed by atoms with E-state index in [0.717, 1.165) is 5.56 Å². The minimum Gasteiger partial charge on any atom is -0.437 e. The van der Waals surface area contributed by atoms with Crippen LogP contribution in [0.3, 0.4) is 0 Å². The number of nitrogen functional groups attached to an aromatic ring is 1. The van der Waals surface area contributed by atoms with Crippen molar-refractivity contribution >= 4 is 11.6 Å². The molecule has 0 amide bonds. The van der Waals surface area contributed by atoms with Gasteiger partial charge in [-0.15, -0.1) is 0 Å². The largest absolute Gasteiger partial charge is 0.437 e. The monoisotopic (exact) mass is 244 g/mol. The molecule has 0 radical (unpaired) electrons. The fraction of sp³-hybridized carbons (Fsp3) is 0.231. The highest BCUT2D eigenvalue weighted by atomic mass is 16.5. The Morgan fingerprint density at radius 1 is 1.22 bits per heavy atom. The average molecular weight is 244 g/mol. The van der Waals surface area contributed by atoms with Crippen molar-refractivity contribution in [2.24, 2.45) is 0 Å². The lowest BCUT2D eigenvalue weighted by Gasteiger charge is -2.12. The molecule has 94 valence electrons. The first-order valence-electron chi connectivity index (χ1n) is 5.60. The Labute approximate surface area is 106 Å². The van der Waals surface area contributed by atoms with E-state index in [1.165, 1.54) is 0 Å². The van der Waals surface area contributed by atoms with Crippen LogP contribution >= 0.6 is 0 Å². The normalized spacial score (nSPS) is 10.2. The van der Waals surface area contributed by atoms with Gasteiger partial charge in [-0.3, -0.25) is 0 Å². The predicted molar refractivity (Wildman–Crippen MR) is 72.0 cm³/mol. The number of benzene rings is 1. The number of hydrogen-bond acceptors (Lipinski definition) is 5. The van der Waals surface area contributed by atoms with Crippen LogP contribution in [0.5, 0.6) is 11.6 Å². The second kappa shape index (κ2) is 4.91. The topological polar surface area (TPSA) is 64.3 Å². The molecule has 0 aliphatic carbocycles. The molecule has 1 heterocycles. The molecule has 0 aliphatic heterocycles. The number of hydrogen-bond donors (Lipinski definition) is 1. The highest BCUT2D eigenvalue weighted by Crippen LogP contribution is 2.27. The number of ether oxygens (including phenoxy) is 1. The van der Waals surface area contributed by atoms with Crippen molar-refractivity contribution in [3.63, 3.8) is 0 Å². The van der Waals surface area contributed by atoms with Gasteiger partial charge in [-0.1, -0.05) is 6.07 Å². The zero-order valence-corrected chi connectivity index (χ0v) is 10.7. The Morgan fingerprint density at radius 3 is 2.72 bits per heavy atom. The van der Waals surface area contributed by atoms with Crippen molar-refractivity contribution in [2.75, 3.05) is 24.7 Å². The van der Waals surface area contributed by atoms with Crippen LogP contribution in [0, 0.1) is 6.92 Å². The summed E-state index contributed by atoms with van der Waals surface area (Å²) in [5, 5.41) is 0. The molecule has 0 bridgehead atoms. The molecule has 5 nitrogen and oxygen atoms in total. The fourth-order valence-corrected chi connectivity index (χ4v) is 1.45. The van der Waals surface area contributed by atoms with Gasteiger partial charge in [-0.25, -0.2) is 4.98 Å². The molecule has 18 heavy (non-hydrogen) atoms. The van der Waals surface area contributed by atoms with Crippen LogP contribution in [0.2, 0.25) is 0 Å². The van der Waals surface area contributed by atoms with Crippen LogP contribution in [0.15, 0.2) is 30.5 Å². The third-order valence-electron chi connectivity index (χ3n) is 2.40. The van der Waals surface area contributed by atoms with Crippen LogP contribution in [0.4, 0.5) is 11.6 Å². The zero-order valence-electron chi connectivity index (χ0n) is 10.7. The second-order valence-electron chi connectivity index (χ2n) is 4.23. The summed E-state index contributed by atoms with van der Waals surface area (Å²) in [5.74, 6) is 1.68. The van der Waals surface area contributed by atoms with E-state index in [9.17, 15) is 0 Å². The van der Waals surface area contributed by atoms with Gasteiger partial charge >= 0.3 is 0 Å². The number of nitrogens with zero attached hydrogens (tertiary/aromatic N) is 3. The van der Waals surface area contributed by atoms with Crippen LogP contribution in [-0.2, 0) is 0 Å². The molecular formula is C13H16N4O. The number of rotatable bonds is 3. The molecule has 2 rings (SSSR count). The first-order chi connectivity index (χ1) is 8.56. The molecule has 2 N–H and O–H groups in total. The van der Waals surface area contributed by atoms with Gasteiger partial charge in [0.2, 0.25) is 11.8 Å². The van der Waals surface area contributed by atoms with E-state index < -0.39 is 0 Å². The Morgan fingerprint density at radius 2 is 2.00 bits per heavy atom. The van der Waals surface area contributed by atoms with Gasteiger partial charge in [0.1, 0.15) is 0 Å². The van der Waals surface area contributed by atoms with Gasteiger partial charge in [0.25, 0.3) is 0 Å². The summed E-state index contributed by atoms with van der Waals surface area (Å²) in [6, 6.07) is 7.34. The summed E-state index contributed by atoms with van der Waals surface area (Å²) in [4.78, 5) is 10.2. The Bertz CT molecular complexity index is 554. The summed E-state index contributed by atoms with van der Waals surface area (Å²) < 4.78 is 5.68. The van der Waals surface area contributed by atoms with E-state index in [4.69, 9.17) is 10.5 Å². The molecule has 0 saturated heterocycles. The Hall–Kier alpha value is -2.30. The van der Waals surface area contributed by atoms with Crippen LogP contribution in [0.1, 0.15) is 5.56 Å². The lowest BCUT2D eigenvalue weighted by Crippen LogP contribution is -2.12. The summed E-state index contributed by atoms with van der Waals surface area (Å²) in [7, 11) is 3.75. The van der Waals surface area contributed by atoms with Gasteiger partial charge < -0.3 is 15.4 Å². The second-order valence-corrected chi connectivity index (χ2v) is 4.23.